The molecule has 0 atom stereocenters. The van der Waals surface area contributed by atoms with Gasteiger partial charge in [0.1, 0.15) is 5.75 Å². The maximum absolute atomic E-state index is 13.8. The fraction of sp³-hybridized carbons (Fsp3) is 0.130. The molecule has 2 heterocycles. The number of halogens is 4. The molecule has 0 amide bonds. The van der Waals surface area contributed by atoms with Gasteiger partial charge >= 0.3 is 41.9 Å². The molecule has 2 aromatic heterocycles. The Hall–Kier alpha value is -2.77. The third-order valence-electron chi connectivity index (χ3n) is 5.25. The number of aromatic nitrogens is 2. The Morgan fingerprint density at radius 3 is 2.30 bits per heavy atom. The van der Waals surface area contributed by atoms with Gasteiger partial charge in [0.2, 0.25) is 0 Å². The second kappa shape index (κ2) is 10.9. The van der Waals surface area contributed by atoms with Crippen LogP contribution in [-0.4, -0.2) is 65.0 Å². The molecule has 14 heteroatoms. The van der Waals surface area contributed by atoms with Crippen LogP contribution in [0.1, 0.15) is 15.9 Å². The molecule has 0 saturated heterocycles. The van der Waals surface area contributed by atoms with E-state index in [9.17, 15) is 26.4 Å². The number of aryl methyl sites for hydroxylation is 1. The Kier molecular flexibility index (Phi) is 8.50. The van der Waals surface area contributed by atoms with Crippen molar-refractivity contribution < 1.29 is 36.2 Å². The summed E-state index contributed by atoms with van der Waals surface area (Å²) in [6.07, 6.45) is -1.89. The van der Waals surface area contributed by atoms with Gasteiger partial charge in [-0.2, -0.15) is 0 Å². The molecule has 4 rings (SSSR count). The van der Waals surface area contributed by atoms with E-state index in [4.69, 9.17) is 16.7 Å². The van der Waals surface area contributed by atoms with Gasteiger partial charge in [0.15, 0.2) is 5.82 Å². The van der Waals surface area contributed by atoms with Crippen molar-refractivity contribution in [3.8, 4) is 5.75 Å². The molecule has 0 aliphatic carbocycles. The van der Waals surface area contributed by atoms with Crippen LogP contribution in [0.4, 0.5) is 19.0 Å². The Bertz CT molecular complexity index is 1540. The van der Waals surface area contributed by atoms with Crippen molar-refractivity contribution in [1.29, 1.82) is 0 Å². The summed E-state index contributed by atoms with van der Waals surface area (Å²) in [6, 6.07) is 11.1. The number of ether oxygens (including phenoxy) is 1. The quantitative estimate of drug-likeness (QED) is 0.331. The van der Waals surface area contributed by atoms with E-state index in [-0.39, 0.29) is 52.4 Å². The first-order chi connectivity index (χ1) is 16.9. The summed E-state index contributed by atoms with van der Waals surface area (Å²) in [5, 5.41) is 9.98. The molecular formula is C23H18ClF3N3NaO5S. The van der Waals surface area contributed by atoms with Crippen LogP contribution < -0.4 is 9.04 Å². The number of pyridine rings is 1. The van der Waals surface area contributed by atoms with E-state index in [2.05, 4.69) is 9.72 Å². The zero-order valence-electron chi connectivity index (χ0n) is 18.4. The number of rotatable bonds is 7. The van der Waals surface area contributed by atoms with Crippen LogP contribution in [0.5, 0.6) is 5.75 Å². The normalized spacial score (nSPS) is 11.7. The number of alkyl halides is 3. The Morgan fingerprint density at radius 2 is 1.73 bits per heavy atom. The zero-order chi connectivity index (χ0) is 26.3. The van der Waals surface area contributed by atoms with E-state index in [0.717, 1.165) is 40.7 Å². The van der Waals surface area contributed by atoms with Gasteiger partial charge in [-0.1, -0.05) is 23.7 Å². The number of sulfonamides is 1. The molecule has 0 spiro atoms. The number of aromatic carboxylic acids is 1. The third kappa shape index (κ3) is 6.21. The molecule has 0 saturated carbocycles. The van der Waals surface area contributed by atoms with Gasteiger partial charge in [0, 0.05) is 24.8 Å². The predicted octanol–water partition coefficient (Wildman–Crippen LogP) is 4.57. The second-order valence-electron chi connectivity index (χ2n) is 7.65. The molecule has 4 aromatic rings. The van der Waals surface area contributed by atoms with Crippen molar-refractivity contribution in [3.05, 3.63) is 83.1 Å². The van der Waals surface area contributed by atoms with Crippen molar-refractivity contribution in [2.24, 2.45) is 7.05 Å². The van der Waals surface area contributed by atoms with Crippen molar-refractivity contribution >= 4 is 73.9 Å². The summed E-state index contributed by atoms with van der Waals surface area (Å²) in [6.45, 7) is -0.301. The van der Waals surface area contributed by atoms with Gasteiger partial charge in [-0.05, 0) is 48.0 Å². The monoisotopic (exact) mass is 563 g/mol. The third-order valence-corrected chi connectivity index (χ3v) is 7.30. The van der Waals surface area contributed by atoms with Gasteiger partial charge in [-0.15, -0.1) is 13.2 Å². The first-order valence-corrected chi connectivity index (χ1v) is 12.0. The standard InChI is InChI=1S/C23H17ClF3N3O5S.Na.H/c1-29-11-10-18-19(24)12-28-21(20(18)29)30(13-14-2-6-16(7-3-14)35-23(25,26)27)36(33,34)17-8-4-15(5-9-17)22(31)32;;/h2-12H,13H2,1H3,(H,31,32);;. The molecule has 0 aliphatic rings. The van der Waals surface area contributed by atoms with E-state index < -0.39 is 28.1 Å². The molecule has 0 aliphatic heterocycles. The molecule has 0 fully saturated rings. The Balaban J connectivity index is 0.00000380. The van der Waals surface area contributed by atoms with Gasteiger partial charge in [0.05, 0.1) is 27.5 Å². The number of hydrogen-bond donors (Lipinski definition) is 1. The zero-order valence-corrected chi connectivity index (χ0v) is 20.0. The number of nitrogens with zero attached hydrogens (tertiary/aromatic N) is 3. The first-order valence-electron chi connectivity index (χ1n) is 10.2. The molecule has 190 valence electrons. The van der Waals surface area contributed by atoms with Crippen LogP contribution >= 0.6 is 11.6 Å². The van der Waals surface area contributed by atoms with Crippen LogP contribution in [0.2, 0.25) is 5.02 Å². The molecular weight excluding hydrogens is 546 g/mol. The van der Waals surface area contributed by atoms with Crippen molar-refractivity contribution in [3.63, 3.8) is 0 Å². The number of carboxylic acid groups (broad SMARTS) is 1. The second-order valence-corrected chi connectivity index (χ2v) is 9.92. The Morgan fingerprint density at radius 1 is 1.11 bits per heavy atom. The summed E-state index contributed by atoms with van der Waals surface area (Å²) in [5.74, 6) is -1.65. The minimum absolute atomic E-state index is 0. The fourth-order valence-corrected chi connectivity index (χ4v) is 5.18. The first kappa shape index (κ1) is 28.8. The molecule has 37 heavy (non-hydrogen) atoms. The molecule has 0 bridgehead atoms. The molecule has 0 radical (unpaired) electrons. The average Bonchev–Trinajstić information content (AvgIpc) is 3.21. The van der Waals surface area contributed by atoms with Crippen molar-refractivity contribution in [2.45, 2.75) is 17.8 Å². The molecule has 1 N–H and O–H groups in total. The number of benzene rings is 2. The number of fused-ring (bicyclic) bond motifs is 1. The summed E-state index contributed by atoms with van der Waals surface area (Å²) in [7, 11) is -2.64. The SMILES string of the molecule is Cn1ccc2c(Cl)cnc(N(Cc3ccc(OC(F)(F)F)cc3)S(=O)(=O)c3ccc(C(=O)O)cc3)c21.[NaH]. The van der Waals surface area contributed by atoms with Crippen molar-refractivity contribution in [2.75, 3.05) is 4.31 Å². The summed E-state index contributed by atoms with van der Waals surface area (Å²) in [4.78, 5) is 15.3. The van der Waals surface area contributed by atoms with E-state index in [1.165, 1.54) is 18.3 Å². The van der Waals surface area contributed by atoms with E-state index >= 15 is 0 Å². The molecule has 2 aromatic carbocycles. The summed E-state index contributed by atoms with van der Waals surface area (Å²) < 4.78 is 71.6. The van der Waals surface area contributed by atoms with Crippen molar-refractivity contribution in [1.82, 2.24) is 9.55 Å². The van der Waals surface area contributed by atoms with E-state index in [0.29, 0.717) is 21.5 Å². The van der Waals surface area contributed by atoms with E-state index in [1.807, 2.05) is 0 Å². The van der Waals surface area contributed by atoms with E-state index in [1.54, 1.807) is 23.9 Å². The van der Waals surface area contributed by atoms with Gasteiger partial charge in [-0.25, -0.2) is 22.5 Å². The summed E-state index contributed by atoms with van der Waals surface area (Å²) in [5.41, 5.74) is 0.648. The number of anilines is 1. The van der Waals surface area contributed by atoms with Crippen LogP contribution in [0.25, 0.3) is 10.9 Å². The number of carbonyl (C=O) groups is 1. The summed E-state index contributed by atoms with van der Waals surface area (Å²) >= 11 is 6.25. The van der Waals surface area contributed by atoms with Crippen LogP contribution in [0, 0.1) is 0 Å². The van der Waals surface area contributed by atoms with Crippen LogP contribution in [0.3, 0.4) is 0 Å². The van der Waals surface area contributed by atoms with Crippen LogP contribution in [0.15, 0.2) is 71.9 Å². The van der Waals surface area contributed by atoms with Crippen LogP contribution in [-0.2, 0) is 23.6 Å². The minimum atomic E-state index is -4.87. The predicted molar refractivity (Wildman–Crippen MR) is 133 cm³/mol. The fourth-order valence-electron chi connectivity index (χ4n) is 3.56. The van der Waals surface area contributed by atoms with Gasteiger partial charge in [-0.3, -0.25) is 0 Å². The molecule has 8 nitrogen and oxygen atoms in total. The average molecular weight is 564 g/mol. The number of carboxylic acids is 1. The number of hydrogen-bond acceptors (Lipinski definition) is 5. The Labute approximate surface area is 236 Å². The molecule has 0 unspecified atom stereocenters. The maximum atomic E-state index is 13.8. The van der Waals surface area contributed by atoms with Gasteiger partial charge in [0.25, 0.3) is 10.0 Å². The van der Waals surface area contributed by atoms with Gasteiger partial charge < -0.3 is 14.4 Å². The topological polar surface area (TPSA) is 102 Å².